The predicted molar refractivity (Wildman–Crippen MR) is 146 cm³/mol. The number of fused-ring (bicyclic) bond motifs is 1. The van der Waals surface area contributed by atoms with Crippen molar-refractivity contribution in [3.05, 3.63) is 66.7 Å². The van der Waals surface area contributed by atoms with Crippen LogP contribution in [0.4, 0.5) is 0 Å². The molecule has 0 amide bonds. The number of esters is 2. The topological polar surface area (TPSA) is 96.6 Å². The number of aromatic nitrogens is 2. The Bertz CT molecular complexity index is 1450. The highest BCUT2D eigenvalue weighted by Gasteiger charge is 2.39. The summed E-state index contributed by atoms with van der Waals surface area (Å²) >= 11 is 1.07. The third-order valence-corrected chi connectivity index (χ3v) is 7.53. The van der Waals surface area contributed by atoms with Gasteiger partial charge < -0.3 is 9.47 Å². The van der Waals surface area contributed by atoms with Crippen molar-refractivity contribution >= 4 is 33.5 Å². The molecule has 0 N–H and O–H groups in total. The molecule has 37 heavy (non-hydrogen) atoms. The molecular formula is C28H36N2O6S. The molecule has 0 atom stereocenters. The molecule has 9 heteroatoms. The fourth-order valence-corrected chi connectivity index (χ4v) is 5.51. The second-order valence-corrected chi connectivity index (χ2v) is 11.5. The monoisotopic (exact) mass is 528 g/mol. The molecule has 0 aliphatic rings. The molecule has 3 aromatic rings. The van der Waals surface area contributed by atoms with E-state index in [1.165, 1.54) is 24.0 Å². The molecule has 0 fully saturated rings. The summed E-state index contributed by atoms with van der Waals surface area (Å²) in [7, 11) is 0. The number of carbonyl (C=O) groups excluding carboxylic acids is 2. The minimum atomic E-state index is -1.59. The number of hydrogen-bond donors (Lipinski definition) is 0. The van der Waals surface area contributed by atoms with Crippen molar-refractivity contribution in [2.75, 3.05) is 6.61 Å². The fourth-order valence-electron chi connectivity index (χ4n) is 4.30. The highest BCUT2D eigenvalue weighted by atomic mass is 32.1. The molecule has 1 aromatic carbocycles. The van der Waals surface area contributed by atoms with E-state index in [2.05, 4.69) is 6.92 Å². The number of thiophene rings is 1. The van der Waals surface area contributed by atoms with E-state index in [9.17, 15) is 19.2 Å². The van der Waals surface area contributed by atoms with Crippen molar-refractivity contribution in [3.63, 3.8) is 0 Å². The van der Waals surface area contributed by atoms with Gasteiger partial charge in [-0.15, -0.1) is 11.3 Å². The molecule has 0 spiro atoms. The summed E-state index contributed by atoms with van der Waals surface area (Å²) < 4.78 is 13.2. The zero-order valence-electron chi connectivity index (χ0n) is 22.9. The molecule has 0 aliphatic heterocycles. The van der Waals surface area contributed by atoms with Crippen LogP contribution in [0.5, 0.6) is 0 Å². The van der Waals surface area contributed by atoms with Crippen molar-refractivity contribution in [1.82, 2.24) is 9.13 Å². The standard InChI is InChI=1S/C28H36N2O6S/c1-9-18-13-11-12-14-19(18)15-16-29-23-20(17(3)21(37-23)24(32)35-10-2)22(31)30(26(29)34)28(7,8)25(33)36-27(4,5)6/h11-14H,9-10,15-16H2,1-8H3. The van der Waals surface area contributed by atoms with Gasteiger partial charge in [-0.05, 0) is 78.0 Å². The largest absolute Gasteiger partial charge is 0.462 e. The maximum Gasteiger partial charge on any atom is 0.348 e. The number of aryl methyl sites for hydroxylation is 4. The Morgan fingerprint density at radius 1 is 1.00 bits per heavy atom. The van der Waals surface area contributed by atoms with Gasteiger partial charge in [0.15, 0.2) is 0 Å². The van der Waals surface area contributed by atoms with Gasteiger partial charge in [-0.1, -0.05) is 31.2 Å². The van der Waals surface area contributed by atoms with Crippen LogP contribution in [-0.4, -0.2) is 33.3 Å². The van der Waals surface area contributed by atoms with Crippen LogP contribution in [0.2, 0.25) is 0 Å². The zero-order valence-corrected chi connectivity index (χ0v) is 23.7. The summed E-state index contributed by atoms with van der Waals surface area (Å²) in [6.45, 7) is 14.1. The molecule has 200 valence electrons. The number of nitrogens with zero attached hydrogens (tertiary/aromatic N) is 2. The first-order chi connectivity index (χ1) is 17.2. The zero-order chi connectivity index (χ0) is 27.7. The third-order valence-electron chi connectivity index (χ3n) is 6.23. The van der Waals surface area contributed by atoms with E-state index in [1.807, 2.05) is 24.3 Å². The number of hydrogen-bond acceptors (Lipinski definition) is 7. The number of carbonyl (C=O) groups is 2. The van der Waals surface area contributed by atoms with Crippen LogP contribution >= 0.6 is 11.3 Å². The van der Waals surface area contributed by atoms with E-state index in [1.54, 1.807) is 34.6 Å². The van der Waals surface area contributed by atoms with Crippen molar-refractivity contribution in [1.29, 1.82) is 0 Å². The van der Waals surface area contributed by atoms with Crippen LogP contribution in [0.15, 0.2) is 33.9 Å². The van der Waals surface area contributed by atoms with Gasteiger partial charge in [-0.3, -0.25) is 9.36 Å². The molecule has 0 unspecified atom stereocenters. The Labute approximate surface area is 220 Å². The summed E-state index contributed by atoms with van der Waals surface area (Å²) in [6.07, 6.45) is 1.38. The number of rotatable bonds is 8. The summed E-state index contributed by atoms with van der Waals surface area (Å²) in [5.41, 5.74) is -0.960. The van der Waals surface area contributed by atoms with Gasteiger partial charge in [0.05, 0.1) is 12.0 Å². The average Bonchev–Trinajstić information content (AvgIpc) is 3.15. The maximum absolute atomic E-state index is 13.9. The second kappa shape index (κ2) is 10.7. The van der Waals surface area contributed by atoms with Gasteiger partial charge in [0.25, 0.3) is 5.56 Å². The lowest BCUT2D eigenvalue weighted by Gasteiger charge is -2.30. The Morgan fingerprint density at radius 2 is 1.62 bits per heavy atom. The lowest BCUT2D eigenvalue weighted by molar-refractivity contribution is -0.164. The van der Waals surface area contributed by atoms with Crippen molar-refractivity contribution in [2.45, 2.75) is 85.9 Å². The Balaban J connectivity index is 2.30. The third kappa shape index (κ3) is 5.56. The second-order valence-electron chi connectivity index (χ2n) is 10.5. The normalized spacial score (nSPS) is 12.1. The summed E-state index contributed by atoms with van der Waals surface area (Å²) in [6, 6.07) is 8.00. The van der Waals surface area contributed by atoms with Crippen LogP contribution in [0.1, 0.15) is 74.8 Å². The van der Waals surface area contributed by atoms with Crippen LogP contribution in [0.3, 0.4) is 0 Å². The van der Waals surface area contributed by atoms with E-state index in [0.717, 1.165) is 27.9 Å². The van der Waals surface area contributed by atoms with Gasteiger partial charge in [0.1, 0.15) is 20.8 Å². The van der Waals surface area contributed by atoms with Crippen molar-refractivity contribution < 1.29 is 19.1 Å². The van der Waals surface area contributed by atoms with Gasteiger partial charge in [-0.2, -0.15) is 0 Å². The van der Waals surface area contributed by atoms with Gasteiger partial charge in [-0.25, -0.2) is 19.0 Å². The van der Waals surface area contributed by atoms with Gasteiger partial charge in [0, 0.05) is 6.54 Å². The quantitative estimate of drug-likeness (QED) is 0.397. The lowest BCUT2D eigenvalue weighted by atomic mass is 10.0. The summed E-state index contributed by atoms with van der Waals surface area (Å²) in [5, 5.41) is 0.230. The first kappa shape index (κ1) is 28.4. The van der Waals surface area contributed by atoms with Crippen LogP contribution in [0, 0.1) is 6.92 Å². The van der Waals surface area contributed by atoms with Gasteiger partial charge in [0.2, 0.25) is 0 Å². The Kier molecular flexibility index (Phi) is 8.17. The predicted octanol–water partition coefficient (Wildman–Crippen LogP) is 4.59. The molecule has 3 rings (SSSR count). The molecule has 2 aromatic heterocycles. The van der Waals surface area contributed by atoms with E-state index < -0.39 is 34.3 Å². The highest BCUT2D eigenvalue weighted by molar-refractivity contribution is 7.20. The van der Waals surface area contributed by atoms with Crippen molar-refractivity contribution in [3.8, 4) is 0 Å². The molecular weight excluding hydrogens is 492 g/mol. The molecule has 0 radical (unpaired) electrons. The fraction of sp³-hybridized carbons (Fsp3) is 0.500. The van der Waals surface area contributed by atoms with Crippen LogP contribution in [-0.2, 0) is 39.2 Å². The average molecular weight is 529 g/mol. The van der Waals surface area contributed by atoms with E-state index in [0.29, 0.717) is 16.8 Å². The van der Waals surface area contributed by atoms with E-state index in [4.69, 9.17) is 9.47 Å². The minimum absolute atomic E-state index is 0.184. The first-order valence-corrected chi connectivity index (χ1v) is 13.3. The maximum atomic E-state index is 13.9. The number of ether oxygens (including phenoxy) is 2. The highest BCUT2D eigenvalue weighted by Crippen LogP contribution is 2.30. The van der Waals surface area contributed by atoms with E-state index >= 15 is 0 Å². The smallest absolute Gasteiger partial charge is 0.348 e. The molecule has 0 bridgehead atoms. The molecule has 8 nitrogen and oxygen atoms in total. The minimum Gasteiger partial charge on any atom is -0.462 e. The van der Waals surface area contributed by atoms with Crippen LogP contribution < -0.4 is 11.2 Å². The van der Waals surface area contributed by atoms with Crippen molar-refractivity contribution in [2.24, 2.45) is 0 Å². The lowest BCUT2D eigenvalue weighted by Crippen LogP contribution is -2.54. The Hall–Kier alpha value is -3.20. The molecule has 2 heterocycles. The Morgan fingerprint density at radius 3 is 2.19 bits per heavy atom. The van der Waals surface area contributed by atoms with E-state index in [-0.39, 0.29) is 23.4 Å². The van der Waals surface area contributed by atoms with Crippen LogP contribution in [0.25, 0.3) is 10.2 Å². The SMILES string of the molecule is CCOC(=O)c1sc2c(c1C)c(=O)n(C(C)(C)C(=O)OC(C)(C)C)c(=O)n2CCc1ccccc1CC. The molecule has 0 saturated heterocycles. The first-order valence-electron chi connectivity index (χ1n) is 12.5. The molecule has 0 aliphatic carbocycles. The molecule has 0 saturated carbocycles. The summed E-state index contributed by atoms with van der Waals surface area (Å²) in [5.74, 6) is -1.24. The summed E-state index contributed by atoms with van der Waals surface area (Å²) in [4.78, 5) is 54.2. The number of benzene rings is 1. The van der Waals surface area contributed by atoms with Gasteiger partial charge >= 0.3 is 17.6 Å².